The summed E-state index contributed by atoms with van der Waals surface area (Å²) in [4.78, 5) is 4.76. The molecule has 0 saturated carbocycles. The third kappa shape index (κ3) is 8.20. The highest BCUT2D eigenvalue weighted by Gasteiger charge is 2.33. The van der Waals surface area contributed by atoms with Crippen LogP contribution in [0.15, 0.2) is 23.2 Å². The van der Waals surface area contributed by atoms with Gasteiger partial charge in [0.2, 0.25) is 0 Å². The van der Waals surface area contributed by atoms with Gasteiger partial charge in [-0.15, -0.1) is 24.0 Å². The van der Waals surface area contributed by atoms with Gasteiger partial charge in [-0.3, -0.25) is 4.99 Å². The Hall–Kier alpha value is -1.22. The predicted octanol–water partition coefficient (Wildman–Crippen LogP) is 4.53. The Labute approximate surface area is 193 Å². The number of aliphatic imine (C=N–C) groups is 1. The summed E-state index contributed by atoms with van der Waals surface area (Å²) >= 11 is 0. The molecule has 0 spiro atoms. The third-order valence-electron chi connectivity index (χ3n) is 4.61. The zero-order chi connectivity index (χ0) is 20.4. The maximum atomic E-state index is 5.93. The van der Waals surface area contributed by atoms with Crippen LogP contribution in [0.2, 0.25) is 0 Å². The van der Waals surface area contributed by atoms with Crippen LogP contribution in [0.3, 0.4) is 0 Å². The van der Waals surface area contributed by atoms with E-state index < -0.39 is 0 Å². The van der Waals surface area contributed by atoms with Crippen LogP contribution >= 0.6 is 24.0 Å². The van der Waals surface area contributed by atoms with Crippen molar-refractivity contribution >= 4 is 29.9 Å². The highest BCUT2D eigenvalue weighted by Crippen LogP contribution is 2.31. The standard InChI is InChI=1S/C22H37N3O3.HI/c1-6-11-27-19-10-9-18(13-20(19)28-12-7-2)17(4)25-21(23-8-3)24-14-22(5)15-26-16-22;/h9-10,13,17H,6-8,11-12,14-16H2,1-5H3,(H2,23,24,25);1H. The zero-order valence-electron chi connectivity index (χ0n) is 18.5. The van der Waals surface area contributed by atoms with E-state index in [0.717, 1.165) is 62.2 Å². The van der Waals surface area contributed by atoms with Gasteiger partial charge in [0, 0.05) is 12.0 Å². The van der Waals surface area contributed by atoms with Crippen molar-refractivity contribution in [3.05, 3.63) is 23.8 Å². The Kier molecular flexibility index (Phi) is 11.7. The topological polar surface area (TPSA) is 64.1 Å². The molecule has 29 heavy (non-hydrogen) atoms. The lowest BCUT2D eigenvalue weighted by Gasteiger charge is -2.36. The Morgan fingerprint density at radius 3 is 2.34 bits per heavy atom. The molecule has 1 saturated heterocycles. The van der Waals surface area contributed by atoms with Gasteiger partial charge in [0.05, 0.1) is 39.0 Å². The second kappa shape index (κ2) is 13.2. The average molecular weight is 519 g/mol. The van der Waals surface area contributed by atoms with E-state index in [1.165, 1.54) is 0 Å². The first-order valence-electron chi connectivity index (χ1n) is 10.5. The Morgan fingerprint density at radius 1 is 1.14 bits per heavy atom. The molecule has 166 valence electrons. The molecule has 1 aliphatic heterocycles. The molecule has 1 aromatic rings. The molecule has 7 heteroatoms. The number of hydrogen-bond donors (Lipinski definition) is 2. The van der Waals surface area contributed by atoms with E-state index >= 15 is 0 Å². The largest absolute Gasteiger partial charge is 0.490 e. The SMILES string of the molecule is CCCOc1ccc(C(C)NC(=NCC2(C)COC2)NCC)cc1OCCC.I. The van der Waals surface area contributed by atoms with Crippen molar-refractivity contribution in [1.29, 1.82) is 0 Å². The van der Waals surface area contributed by atoms with Gasteiger partial charge in [-0.25, -0.2) is 0 Å². The summed E-state index contributed by atoms with van der Waals surface area (Å²) in [6, 6.07) is 6.26. The molecular formula is C22H38IN3O3. The van der Waals surface area contributed by atoms with E-state index in [1.807, 2.05) is 6.07 Å². The van der Waals surface area contributed by atoms with E-state index in [9.17, 15) is 0 Å². The smallest absolute Gasteiger partial charge is 0.191 e. The summed E-state index contributed by atoms with van der Waals surface area (Å²) in [6.07, 6.45) is 1.93. The minimum Gasteiger partial charge on any atom is -0.490 e. The molecule has 6 nitrogen and oxygen atoms in total. The molecule has 2 N–H and O–H groups in total. The fourth-order valence-electron chi connectivity index (χ4n) is 2.87. The second-order valence-electron chi connectivity index (χ2n) is 7.77. The van der Waals surface area contributed by atoms with Gasteiger partial charge in [-0.2, -0.15) is 0 Å². The fourth-order valence-corrected chi connectivity index (χ4v) is 2.87. The van der Waals surface area contributed by atoms with Crippen LogP contribution in [0.4, 0.5) is 0 Å². The quantitative estimate of drug-likeness (QED) is 0.256. The highest BCUT2D eigenvalue weighted by atomic mass is 127. The van der Waals surface area contributed by atoms with Crippen LogP contribution in [0.5, 0.6) is 11.5 Å². The van der Waals surface area contributed by atoms with Crippen molar-refractivity contribution in [2.45, 2.75) is 53.5 Å². The van der Waals surface area contributed by atoms with Crippen LogP contribution in [0, 0.1) is 5.41 Å². The molecular weight excluding hydrogens is 481 g/mol. The van der Waals surface area contributed by atoms with Gasteiger partial charge in [0.25, 0.3) is 0 Å². The van der Waals surface area contributed by atoms with Crippen molar-refractivity contribution in [1.82, 2.24) is 10.6 Å². The van der Waals surface area contributed by atoms with Crippen molar-refractivity contribution in [3.8, 4) is 11.5 Å². The molecule has 0 aliphatic carbocycles. The van der Waals surface area contributed by atoms with Crippen LogP contribution in [0.25, 0.3) is 0 Å². The van der Waals surface area contributed by atoms with E-state index in [4.69, 9.17) is 19.2 Å². The van der Waals surface area contributed by atoms with Crippen LogP contribution in [-0.4, -0.2) is 45.5 Å². The van der Waals surface area contributed by atoms with E-state index in [2.05, 4.69) is 57.4 Å². The first-order chi connectivity index (χ1) is 13.5. The molecule has 1 aromatic carbocycles. The van der Waals surface area contributed by atoms with Crippen molar-refractivity contribution < 1.29 is 14.2 Å². The predicted molar refractivity (Wildman–Crippen MR) is 130 cm³/mol. The molecule has 1 fully saturated rings. The zero-order valence-corrected chi connectivity index (χ0v) is 20.9. The first kappa shape index (κ1) is 25.8. The van der Waals surface area contributed by atoms with E-state index in [0.29, 0.717) is 13.2 Å². The summed E-state index contributed by atoms with van der Waals surface area (Å²) in [7, 11) is 0. The monoisotopic (exact) mass is 519 g/mol. The number of benzene rings is 1. The molecule has 1 heterocycles. The number of guanidine groups is 1. The molecule has 2 rings (SSSR count). The lowest BCUT2D eigenvalue weighted by atomic mass is 9.89. The lowest BCUT2D eigenvalue weighted by molar-refractivity contribution is -0.0945. The molecule has 0 aromatic heterocycles. The van der Waals surface area contributed by atoms with E-state index in [-0.39, 0.29) is 35.4 Å². The summed E-state index contributed by atoms with van der Waals surface area (Å²) in [5, 5.41) is 6.84. The van der Waals surface area contributed by atoms with Gasteiger partial charge in [-0.05, 0) is 44.4 Å². The summed E-state index contributed by atoms with van der Waals surface area (Å²) in [5.74, 6) is 2.44. The van der Waals surface area contributed by atoms with Gasteiger partial charge in [0.15, 0.2) is 17.5 Å². The van der Waals surface area contributed by atoms with Crippen molar-refractivity contribution in [2.24, 2.45) is 10.4 Å². The number of ether oxygens (including phenoxy) is 3. The lowest BCUT2D eigenvalue weighted by Crippen LogP contribution is -2.44. The number of nitrogens with zero attached hydrogens (tertiary/aromatic N) is 1. The Morgan fingerprint density at radius 2 is 1.79 bits per heavy atom. The minimum absolute atomic E-state index is 0. The minimum atomic E-state index is 0. The van der Waals surface area contributed by atoms with Gasteiger partial charge < -0.3 is 24.8 Å². The van der Waals surface area contributed by atoms with Crippen LogP contribution < -0.4 is 20.1 Å². The van der Waals surface area contributed by atoms with Gasteiger partial charge in [0.1, 0.15) is 0 Å². The van der Waals surface area contributed by atoms with Crippen molar-refractivity contribution in [3.63, 3.8) is 0 Å². The van der Waals surface area contributed by atoms with E-state index in [1.54, 1.807) is 0 Å². The number of halogens is 1. The highest BCUT2D eigenvalue weighted by molar-refractivity contribution is 14.0. The molecule has 1 atom stereocenters. The summed E-state index contributed by atoms with van der Waals surface area (Å²) < 4.78 is 17.1. The summed E-state index contributed by atoms with van der Waals surface area (Å²) in [5.41, 5.74) is 1.30. The fraction of sp³-hybridized carbons (Fsp3) is 0.682. The van der Waals surface area contributed by atoms with Crippen molar-refractivity contribution in [2.75, 3.05) is 39.5 Å². The van der Waals surface area contributed by atoms with Crippen LogP contribution in [-0.2, 0) is 4.74 Å². The normalized spacial score (nSPS) is 16.2. The average Bonchev–Trinajstić information content (AvgIpc) is 2.67. The maximum absolute atomic E-state index is 5.93. The first-order valence-corrected chi connectivity index (χ1v) is 10.5. The molecule has 1 unspecified atom stereocenters. The molecule has 1 aliphatic rings. The van der Waals surface area contributed by atoms with Crippen LogP contribution in [0.1, 0.15) is 59.1 Å². The number of hydrogen-bond acceptors (Lipinski definition) is 4. The Bertz CT molecular complexity index is 636. The number of rotatable bonds is 11. The molecule has 0 amide bonds. The summed E-state index contributed by atoms with van der Waals surface area (Å²) in [6.45, 7) is 15.1. The van der Waals surface area contributed by atoms with Gasteiger partial charge >= 0.3 is 0 Å². The Balaban J connectivity index is 0.00000420. The maximum Gasteiger partial charge on any atom is 0.191 e. The number of nitrogens with one attached hydrogen (secondary N) is 2. The van der Waals surface area contributed by atoms with Gasteiger partial charge in [-0.1, -0.05) is 26.8 Å². The second-order valence-corrected chi connectivity index (χ2v) is 7.77. The molecule has 0 bridgehead atoms. The third-order valence-corrected chi connectivity index (χ3v) is 4.61. The molecule has 0 radical (unpaired) electrons.